The first-order valence-corrected chi connectivity index (χ1v) is 21.5. The zero-order valence-electron chi connectivity index (χ0n) is 33.2. The molecule has 0 fully saturated rings. The summed E-state index contributed by atoms with van der Waals surface area (Å²) in [5.74, 6) is -0.132. The van der Waals surface area contributed by atoms with Crippen molar-refractivity contribution in [1.29, 1.82) is 0 Å². The van der Waals surface area contributed by atoms with Crippen LogP contribution in [0.3, 0.4) is 0 Å². The van der Waals surface area contributed by atoms with Crippen LogP contribution in [-0.4, -0.2) is 27.8 Å². The summed E-state index contributed by atoms with van der Waals surface area (Å²) in [6, 6.07) is 38.4. The smallest absolute Gasteiger partial charge is 0.0678 e. The van der Waals surface area contributed by atoms with Crippen molar-refractivity contribution < 1.29 is 131 Å². The monoisotopic (exact) mass is 1340 g/mol. The third-order valence-corrected chi connectivity index (χ3v) is 13.6. The number of fused-ring (bicyclic) bond motifs is 7. The summed E-state index contributed by atoms with van der Waals surface area (Å²) in [5.41, 5.74) is 15.8. The molecule has 3 atom stereocenters. The average molecular weight is 1340 g/mol. The van der Waals surface area contributed by atoms with E-state index in [0.717, 1.165) is 107 Å². The van der Waals surface area contributed by atoms with Gasteiger partial charge in [0.1, 0.15) is 0 Å². The number of H-pyrrole nitrogens is 2. The van der Waals surface area contributed by atoms with Crippen molar-refractivity contribution in [3.05, 3.63) is 212 Å². The number of aromatic amines is 2. The minimum Gasteiger partial charge on any atom is -0.376 e. The quantitative estimate of drug-likeness (QED) is 0.151. The molecule has 0 amide bonds. The first-order valence-electron chi connectivity index (χ1n) is 18.4. The maximum atomic E-state index is 5.61. The normalized spacial score (nSPS) is 19.4. The third kappa shape index (κ3) is 9.69. The summed E-state index contributed by atoms with van der Waals surface area (Å²) in [6.07, 6.45) is 8.90. The van der Waals surface area contributed by atoms with Crippen molar-refractivity contribution in [3.63, 3.8) is 0 Å². The van der Waals surface area contributed by atoms with Gasteiger partial charge in [-0.15, -0.1) is 5.57 Å². The number of rotatable bonds is 4. The van der Waals surface area contributed by atoms with Crippen LogP contribution in [0, 0.1) is 52.0 Å². The van der Waals surface area contributed by atoms with Gasteiger partial charge >= 0.3 is 0 Å². The SMILES string of the molecule is Cc1[c-]c[c-]c(C)c1/C1=c2\cc/c([nH]2)=C(\c2c(Br)cccc2Br)C2=NC(C=C2)C(c2c(C)[c-]c[c-]c2C)c2ccc([nH]2)C(c2c(Br)cccc2Br)=C2C=CC1N2.[Y].[Y].[Y].[Y]. The molecule has 60 heavy (non-hydrogen) atoms. The molecule has 6 aromatic rings. The number of hydrogen-bond donors (Lipinski definition) is 3. The topological polar surface area (TPSA) is 56.0 Å². The van der Waals surface area contributed by atoms with E-state index in [1.807, 2.05) is 24.3 Å². The molecule has 0 saturated carbocycles. The van der Waals surface area contributed by atoms with Crippen LogP contribution in [0.15, 0.2) is 126 Å². The molecule has 4 nitrogen and oxygen atoms in total. The summed E-state index contributed by atoms with van der Waals surface area (Å²) in [5, 5.41) is 5.94. The van der Waals surface area contributed by atoms with E-state index in [1.165, 1.54) is 5.56 Å². The Labute approximate surface area is 486 Å². The first kappa shape index (κ1) is 51.2. The van der Waals surface area contributed by atoms with Crippen LogP contribution in [0.2, 0.25) is 0 Å². The molecule has 0 aliphatic carbocycles. The predicted octanol–water partition coefficient (Wildman–Crippen LogP) is 10.7. The Kier molecular flexibility index (Phi) is 18.5. The zero-order valence-corrected chi connectivity index (χ0v) is 50.9. The molecule has 5 heterocycles. The van der Waals surface area contributed by atoms with Crippen LogP contribution in [0.1, 0.15) is 61.8 Å². The van der Waals surface area contributed by atoms with Crippen molar-refractivity contribution in [3.8, 4) is 0 Å². The van der Waals surface area contributed by atoms with E-state index in [4.69, 9.17) is 4.99 Å². The van der Waals surface area contributed by atoms with Gasteiger partial charge in [-0.3, -0.25) is 32.8 Å². The average Bonchev–Trinajstić information content (AvgIpc) is 4.00. The number of halogens is 4. The summed E-state index contributed by atoms with van der Waals surface area (Å²) in [4.78, 5) is 13.5. The van der Waals surface area contributed by atoms with Gasteiger partial charge in [-0.2, -0.15) is 0 Å². The molecule has 4 radical (unpaired) electrons. The fourth-order valence-electron chi connectivity index (χ4n) is 8.48. The molecule has 0 spiro atoms. The summed E-state index contributed by atoms with van der Waals surface area (Å²) in [6.45, 7) is 8.53. The van der Waals surface area contributed by atoms with Crippen LogP contribution in [0.25, 0.3) is 16.7 Å². The van der Waals surface area contributed by atoms with Crippen molar-refractivity contribution in [1.82, 2.24) is 15.3 Å². The Hall–Kier alpha value is 0.206. The van der Waals surface area contributed by atoms with Gasteiger partial charge in [0.2, 0.25) is 0 Å². The first-order chi connectivity index (χ1) is 27.1. The molecule has 3 aliphatic heterocycles. The van der Waals surface area contributed by atoms with Crippen LogP contribution in [0.4, 0.5) is 0 Å². The molecule has 8 bridgehead atoms. The molecular weight excluding hydrogens is 1310 g/mol. The number of aryl methyl sites for hydroxylation is 4. The van der Waals surface area contributed by atoms with Crippen LogP contribution in [0.5, 0.6) is 0 Å². The Morgan fingerprint density at radius 2 is 1.12 bits per heavy atom. The second-order valence-corrected chi connectivity index (χ2v) is 17.8. The Bertz CT molecular complexity index is 2790. The van der Waals surface area contributed by atoms with Crippen molar-refractivity contribution in [2.24, 2.45) is 4.99 Å². The van der Waals surface area contributed by atoms with E-state index in [2.05, 4.69) is 204 Å². The van der Waals surface area contributed by atoms with Gasteiger partial charge in [0.15, 0.2) is 0 Å². The Morgan fingerprint density at radius 3 is 1.72 bits per heavy atom. The van der Waals surface area contributed by atoms with E-state index >= 15 is 0 Å². The molecule has 290 valence electrons. The number of benzene rings is 4. The Morgan fingerprint density at radius 1 is 0.567 bits per heavy atom. The number of hydrogen-bond acceptors (Lipinski definition) is 2. The number of nitrogens with one attached hydrogen (secondary N) is 3. The number of aromatic nitrogens is 2. The van der Waals surface area contributed by atoms with E-state index < -0.39 is 0 Å². The van der Waals surface area contributed by atoms with Crippen molar-refractivity contribution in [2.75, 3.05) is 0 Å². The minimum absolute atomic E-state index is 0. The molecule has 3 unspecified atom stereocenters. The van der Waals surface area contributed by atoms with Gasteiger partial charge in [-0.1, -0.05) is 116 Å². The summed E-state index contributed by atoms with van der Waals surface area (Å²) < 4.78 is 3.92. The fraction of sp³-hybridized carbons (Fsp3) is 0.146. The molecular formula is C48H34Br4N4Y4-4. The maximum Gasteiger partial charge on any atom is 0.0678 e. The second kappa shape index (κ2) is 21.7. The second-order valence-electron chi connectivity index (χ2n) is 14.4. The number of aliphatic imine (C=N–C) groups is 1. The van der Waals surface area contributed by atoms with Crippen molar-refractivity contribution in [2.45, 2.75) is 45.7 Å². The minimum atomic E-state index is -0.209. The molecule has 3 aliphatic rings. The molecule has 4 aromatic carbocycles. The molecule has 3 N–H and O–H groups in total. The van der Waals surface area contributed by atoms with E-state index in [-0.39, 0.29) is 149 Å². The zero-order chi connectivity index (χ0) is 38.8. The van der Waals surface area contributed by atoms with Gasteiger partial charge in [0, 0.05) is 199 Å². The largest absolute Gasteiger partial charge is 0.376 e. The fourth-order valence-corrected chi connectivity index (χ4v) is 11.3. The van der Waals surface area contributed by atoms with Gasteiger partial charge in [-0.05, 0) is 66.6 Å². The Balaban J connectivity index is 0.00000171. The van der Waals surface area contributed by atoms with Crippen molar-refractivity contribution >= 4 is 86.2 Å². The summed E-state index contributed by atoms with van der Waals surface area (Å²) in [7, 11) is 0. The molecule has 0 saturated heterocycles. The van der Waals surface area contributed by atoms with Crippen LogP contribution < -0.4 is 16.0 Å². The van der Waals surface area contributed by atoms with Crippen LogP contribution in [-0.2, 0) is 131 Å². The summed E-state index contributed by atoms with van der Waals surface area (Å²) >= 11 is 15.7. The van der Waals surface area contributed by atoms with Gasteiger partial charge in [-0.25, -0.2) is 5.56 Å². The van der Waals surface area contributed by atoms with E-state index in [1.54, 1.807) is 0 Å². The van der Waals surface area contributed by atoms with E-state index in [9.17, 15) is 0 Å². The van der Waals surface area contributed by atoms with E-state index in [0.29, 0.717) is 0 Å². The standard InChI is InChI=1S/C48H34Br4N4.4Y/c1-25-9-5-10-26(2)41(25)45-33-17-21-37(53-33)47(43-29(49)13-7-14-30(43)50)39-23-19-35(55-39)46(42-27(3)11-6-12-28(42)4)36-20-24-40(56-36)48(38-22-18-34(45)54-38)44-31(51)15-8-16-32(44)52;;;;/h5-8,13-24,33,36,45,54-56H,1-4H3;;;;/q-4;;;;/b46-35+,47-39+,48-40?;;;;. The number of allylic oxidation sites excluding steroid dienone is 2. The van der Waals surface area contributed by atoms with Gasteiger partial charge < -0.3 is 51.7 Å². The predicted molar refractivity (Wildman–Crippen MR) is 241 cm³/mol. The maximum absolute atomic E-state index is 5.61. The molecule has 12 heteroatoms. The van der Waals surface area contributed by atoms with Gasteiger partial charge in [0.25, 0.3) is 0 Å². The molecule has 2 aromatic heterocycles. The third-order valence-electron chi connectivity index (χ3n) is 11.0. The van der Waals surface area contributed by atoms with Gasteiger partial charge in [0.05, 0.1) is 17.8 Å². The molecule has 9 rings (SSSR count). The number of nitrogens with zero attached hydrogens (tertiary/aromatic N) is 1. The van der Waals surface area contributed by atoms with Crippen LogP contribution >= 0.6 is 63.7 Å².